The van der Waals surface area contributed by atoms with Crippen LogP contribution in [0.4, 0.5) is 0 Å². The number of carbonyl (C=O) groups excluding carboxylic acids is 1. The average molecular weight is 332 g/mol. The van der Waals surface area contributed by atoms with E-state index in [1.54, 1.807) is 11.0 Å². The summed E-state index contributed by atoms with van der Waals surface area (Å²) >= 11 is 5.83. The first kappa shape index (κ1) is 16.2. The molecule has 1 aliphatic rings. The minimum absolute atomic E-state index is 0.200. The highest BCUT2D eigenvalue weighted by atomic mass is 35.5. The van der Waals surface area contributed by atoms with Gasteiger partial charge in [-0.1, -0.05) is 11.6 Å². The maximum atomic E-state index is 12.4. The summed E-state index contributed by atoms with van der Waals surface area (Å²) in [5, 5.41) is -0.173. The van der Waals surface area contributed by atoms with Gasteiger partial charge in [0.1, 0.15) is 0 Å². The molecule has 0 spiro atoms. The largest absolute Gasteiger partial charge is 0.337 e. The van der Waals surface area contributed by atoms with Crippen molar-refractivity contribution in [3.05, 3.63) is 29.0 Å². The third-order valence-corrected chi connectivity index (χ3v) is 6.00. The normalized spacial score (nSPS) is 19.8. The van der Waals surface area contributed by atoms with Crippen molar-refractivity contribution in [2.45, 2.75) is 18.1 Å². The summed E-state index contributed by atoms with van der Waals surface area (Å²) in [6.45, 7) is 0.747. The van der Waals surface area contributed by atoms with Gasteiger partial charge in [-0.15, -0.1) is 0 Å². The molecule has 21 heavy (non-hydrogen) atoms. The Balaban J connectivity index is 2.16. The van der Waals surface area contributed by atoms with Crippen molar-refractivity contribution in [3.8, 4) is 0 Å². The molecule has 0 bridgehead atoms. The maximum Gasteiger partial charge on any atom is 0.255 e. The van der Waals surface area contributed by atoms with Crippen LogP contribution in [-0.2, 0) is 10.0 Å². The Hall–Kier alpha value is -1.18. The summed E-state index contributed by atoms with van der Waals surface area (Å²) < 4.78 is 25.6. The predicted octanol–water partition coefficient (Wildman–Crippen LogP) is 1.23. The number of piperidine rings is 1. The molecule has 0 saturated carbocycles. The molecule has 2 rings (SSSR count). The van der Waals surface area contributed by atoms with E-state index < -0.39 is 15.3 Å². The first-order valence-corrected chi connectivity index (χ1v) is 8.51. The summed E-state index contributed by atoms with van der Waals surface area (Å²) in [6.07, 6.45) is 4.13. The van der Waals surface area contributed by atoms with Crippen LogP contribution in [0.2, 0.25) is 5.02 Å². The Morgan fingerprint density at radius 1 is 1.43 bits per heavy atom. The van der Waals surface area contributed by atoms with Crippen LogP contribution in [-0.4, -0.2) is 60.9 Å². The van der Waals surface area contributed by atoms with E-state index in [9.17, 15) is 13.2 Å². The Bertz CT molecular complexity index is 633. The topological polar surface area (TPSA) is 70.6 Å². The minimum Gasteiger partial charge on any atom is -0.337 e. The molecule has 0 aromatic carbocycles. The van der Waals surface area contributed by atoms with Gasteiger partial charge in [-0.05, 0) is 18.9 Å². The molecule has 1 atom stereocenters. The van der Waals surface area contributed by atoms with Gasteiger partial charge < -0.3 is 4.90 Å². The van der Waals surface area contributed by atoms with Crippen molar-refractivity contribution in [2.75, 3.05) is 27.2 Å². The maximum absolute atomic E-state index is 12.4. The molecule has 1 aliphatic heterocycles. The van der Waals surface area contributed by atoms with Crippen molar-refractivity contribution in [1.29, 1.82) is 0 Å². The van der Waals surface area contributed by atoms with Crippen molar-refractivity contribution >= 4 is 27.5 Å². The van der Waals surface area contributed by atoms with Crippen LogP contribution in [0.1, 0.15) is 23.2 Å². The van der Waals surface area contributed by atoms with Gasteiger partial charge in [0.25, 0.3) is 5.91 Å². The Morgan fingerprint density at radius 2 is 2.14 bits per heavy atom. The fraction of sp³-hybridized carbons (Fsp3) is 0.538. The monoisotopic (exact) mass is 331 g/mol. The van der Waals surface area contributed by atoms with E-state index in [4.69, 9.17) is 11.6 Å². The smallest absolute Gasteiger partial charge is 0.255 e. The summed E-state index contributed by atoms with van der Waals surface area (Å²) in [5.41, 5.74) is 0.380. The lowest BCUT2D eigenvalue weighted by Gasteiger charge is -2.33. The van der Waals surface area contributed by atoms with E-state index in [0.29, 0.717) is 30.0 Å². The van der Waals surface area contributed by atoms with Gasteiger partial charge in [-0.25, -0.2) is 12.7 Å². The number of sulfonamides is 1. The molecule has 1 aromatic rings. The van der Waals surface area contributed by atoms with Gasteiger partial charge in [-0.3, -0.25) is 9.78 Å². The van der Waals surface area contributed by atoms with E-state index >= 15 is 0 Å². The average Bonchev–Trinajstić information content (AvgIpc) is 2.46. The highest BCUT2D eigenvalue weighted by molar-refractivity contribution is 7.89. The number of aromatic nitrogens is 1. The Kier molecular flexibility index (Phi) is 4.85. The zero-order chi connectivity index (χ0) is 15.6. The molecule has 8 heteroatoms. The first-order chi connectivity index (χ1) is 9.82. The summed E-state index contributed by atoms with van der Waals surface area (Å²) in [4.78, 5) is 17.9. The molecule has 1 unspecified atom stereocenters. The summed E-state index contributed by atoms with van der Waals surface area (Å²) in [7, 11) is -0.337. The number of hydrogen-bond acceptors (Lipinski definition) is 4. The number of halogens is 1. The van der Waals surface area contributed by atoms with Crippen molar-refractivity contribution in [3.63, 3.8) is 0 Å². The van der Waals surface area contributed by atoms with Crippen LogP contribution in [0.15, 0.2) is 18.5 Å². The number of hydrogen-bond donors (Lipinski definition) is 0. The fourth-order valence-corrected chi connectivity index (χ4v) is 3.98. The number of nitrogens with zero attached hydrogens (tertiary/aromatic N) is 3. The number of rotatable bonds is 3. The molecule has 1 saturated heterocycles. The van der Waals surface area contributed by atoms with Gasteiger partial charge in [0, 0.05) is 39.6 Å². The standard InChI is InChI=1S/C13H18ClN3O3S/c1-16(2)21(19,20)12-4-3-5-17(9-12)13(18)10-6-11(14)8-15-7-10/h6-8,12H,3-5,9H2,1-2H3. The highest BCUT2D eigenvalue weighted by Gasteiger charge is 2.34. The van der Waals surface area contributed by atoms with Crippen LogP contribution in [0.25, 0.3) is 0 Å². The molecular weight excluding hydrogens is 314 g/mol. The second-order valence-corrected chi connectivity index (χ2v) is 8.10. The zero-order valence-electron chi connectivity index (χ0n) is 12.0. The van der Waals surface area contributed by atoms with E-state index in [1.165, 1.54) is 30.8 Å². The first-order valence-electron chi connectivity index (χ1n) is 6.63. The third-order valence-electron chi connectivity index (χ3n) is 3.55. The van der Waals surface area contributed by atoms with Crippen molar-refractivity contribution < 1.29 is 13.2 Å². The molecule has 0 aliphatic carbocycles. The molecule has 6 nitrogen and oxygen atoms in total. The minimum atomic E-state index is -3.36. The van der Waals surface area contributed by atoms with Crippen LogP contribution in [0.5, 0.6) is 0 Å². The van der Waals surface area contributed by atoms with E-state index in [-0.39, 0.29) is 12.5 Å². The fourth-order valence-electron chi connectivity index (χ4n) is 2.38. The Labute approximate surface area is 129 Å². The highest BCUT2D eigenvalue weighted by Crippen LogP contribution is 2.21. The molecule has 0 N–H and O–H groups in total. The second-order valence-electron chi connectivity index (χ2n) is 5.23. The third kappa shape index (κ3) is 3.53. The van der Waals surface area contributed by atoms with Gasteiger partial charge >= 0.3 is 0 Å². The molecular formula is C13H18ClN3O3S. The number of likely N-dealkylation sites (tertiary alicyclic amines) is 1. The van der Waals surface area contributed by atoms with E-state index in [1.807, 2.05) is 0 Å². The lowest BCUT2D eigenvalue weighted by atomic mass is 10.1. The van der Waals surface area contributed by atoms with Gasteiger partial charge in [0.15, 0.2) is 0 Å². The van der Waals surface area contributed by atoms with Crippen molar-refractivity contribution in [2.24, 2.45) is 0 Å². The van der Waals surface area contributed by atoms with Crippen LogP contribution in [0, 0.1) is 0 Å². The lowest BCUT2D eigenvalue weighted by Crippen LogP contribution is -2.48. The Morgan fingerprint density at radius 3 is 2.76 bits per heavy atom. The van der Waals surface area contributed by atoms with Crippen molar-refractivity contribution in [1.82, 2.24) is 14.2 Å². The molecule has 1 amide bonds. The quantitative estimate of drug-likeness (QED) is 0.835. The number of pyridine rings is 1. The second kappa shape index (κ2) is 6.29. The molecule has 0 radical (unpaired) electrons. The van der Waals surface area contributed by atoms with Crippen LogP contribution in [0.3, 0.4) is 0 Å². The summed E-state index contributed by atoms with van der Waals surface area (Å²) in [5.74, 6) is -0.233. The van der Waals surface area contributed by atoms with E-state index in [2.05, 4.69) is 4.98 Å². The van der Waals surface area contributed by atoms with E-state index in [0.717, 1.165) is 0 Å². The molecule has 1 aromatic heterocycles. The number of carbonyl (C=O) groups is 1. The lowest BCUT2D eigenvalue weighted by molar-refractivity contribution is 0.0725. The van der Waals surface area contributed by atoms with Crippen LogP contribution >= 0.6 is 11.6 Å². The summed E-state index contributed by atoms with van der Waals surface area (Å²) in [6, 6.07) is 1.54. The van der Waals surface area contributed by atoms with Crippen LogP contribution < -0.4 is 0 Å². The molecule has 116 valence electrons. The van der Waals surface area contributed by atoms with Gasteiger partial charge in [0.2, 0.25) is 10.0 Å². The number of amides is 1. The SMILES string of the molecule is CN(C)S(=O)(=O)C1CCCN(C(=O)c2cncc(Cl)c2)C1. The van der Waals surface area contributed by atoms with Gasteiger partial charge in [0.05, 0.1) is 15.8 Å². The molecule has 1 fully saturated rings. The zero-order valence-corrected chi connectivity index (χ0v) is 13.6. The van der Waals surface area contributed by atoms with Gasteiger partial charge in [-0.2, -0.15) is 0 Å². The molecule has 2 heterocycles. The predicted molar refractivity (Wildman–Crippen MR) is 80.8 cm³/mol.